The summed E-state index contributed by atoms with van der Waals surface area (Å²) in [5.41, 5.74) is 1.48. The van der Waals surface area contributed by atoms with Crippen molar-refractivity contribution in [3.05, 3.63) is 35.4 Å². The van der Waals surface area contributed by atoms with Crippen molar-refractivity contribution in [3.8, 4) is 0 Å². The van der Waals surface area contributed by atoms with Crippen LogP contribution in [0.3, 0.4) is 0 Å². The highest BCUT2D eigenvalue weighted by Crippen LogP contribution is 2.43. The average molecular weight is 330 g/mol. The number of carbonyl (C=O) groups is 2. The SMILES string of the molecule is CC(C)(C)CC(c1ccc(C2(C)NC(=O)NC2=O)cc1)C(C)(C)C. The Morgan fingerprint density at radius 2 is 1.54 bits per heavy atom. The van der Waals surface area contributed by atoms with E-state index in [4.69, 9.17) is 0 Å². The molecule has 4 nitrogen and oxygen atoms in total. The lowest BCUT2D eigenvalue weighted by molar-refractivity contribution is -0.123. The molecule has 2 rings (SSSR count). The summed E-state index contributed by atoms with van der Waals surface area (Å²) in [5, 5.41) is 5.02. The van der Waals surface area contributed by atoms with Gasteiger partial charge in [-0.05, 0) is 41.2 Å². The van der Waals surface area contributed by atoms with Gasteiger partial charge < -0.3 is 5.32 Å². The second kappa shape index (κ2) is 5.91. The summed E-state index contributed by atoms with van der Waals surface area (Å²) >= 11 is 0. The van der Waals surface area contributed by atoms with Crippen LogP contribution >= 0.6 is 0 Å². The summed E-state index contributed by atoms with van der Waals surface area (Å²) in [6.45, 7) is 15.3. The number of nitrogens with one attached hydrogen (secondary N) is 2. The molecule has 2 atom stereocenters. The van der Waals surface area contributed by atoms with E-state index in [1.54, 1.807) is 6.92 Å². The van der Waals surface area contributed by atoms with Crippen LogP contribution in [0.25, 0.3) is 0 Å². The maximum Gasteiger partial charge on any atom is 0.322 e. The predicted octanol–water partition coefficient (Wildman–Crippen LogP) is 4.31. The quantitative estimate of drug-likeness (QED) is 0.812. The number of imide groups is 1. The standard InChI is InChI=1S/C20H30N2O2/c1-18(2,3)12-15(19(4,5)6)13-8-10-14(11-9-13)20(7)16(23)21-17(24)22-20/h8-11,15H,12H2,1-7H3,(H2,21,22,23,24). The number of hydrogen-bond acceptors (Lipinski definition) is 2. The van der Waals surface area contributed by atoms with Gasteiger partial charge in [0.25, 0.3) is 5.91 Å². The van der Waals surface area contributed by atoms with E-state index in [-0.39, 0.29) is 16.7 Å². The maximum atomic E-state index is 12.1. The van der Waals surface area contributed by atoms with Gasteiger partial charge in [0.1, 0.15) is 5.54 Å². The second-order valence-electron chi connectivity index (χ2n) is 9.34. The molecule has 132 valence electrons. The number of benzene rings is 1. The molecule has 3 amide bonds. The van der Waals surface area contributed by atoms with Crippen molar-refractivity contribution in [2.45, 2.75) is 66.3 Å². The third-order valence-electron chi connectivity index (χ3n) is 4.80. The molecule has 1 aromatic rings. The van der Waals surface area contributed by atoms with Gasteiger partial charge in [-0.15, -0.1) is 0 Å². The van der Waals surface area contributed by atoms with Crippen LogP contribution in [0.1, 0.15) is 71.9 Å². The van der Waals surface area contributed by atoms with Crippen LogP contribution in [0.15, 0.2) is 24.3 Å². The Morgan fingerprint density at radius 3 is 1.92 bits per heavy atom. The molecule has 0 bridgehead atoms. The fourth-order valence-corrected chi connectivity index (χ4v) is 3.33. The smallest absolute Gasteiger partial charge is 0.320 e. The van der Waals surface area contributed by atoms with Gasteiger partial charge >= 0.3 is 6.03 Å². The van der Waals surface area contributed by atoms with Crippen LogP contribution in [0.2, 0.25) is 0 Å². The van der Waals surface area contributed by atoms with Gasteiger partial charge in [0, 0.05) is 0 Å². The Bertz CT molecular complexity index is 635. The number of amides is 3. The van der Waals surface area contributed by atoms with Crippen LogP contribution < -0.4 is 10.6 Å². The van der Waals surface area contributed by atoms with E-state index >= 15 is 0 Å². The van der Waals surface area contributed by atoms with E-state index in [9.17, 15) is 9.59 Å². The molecule has 1 saturated heterocycles. The van der Waals surface area contributed by atoms with Crippen molar-refractivity contribution in [1.82, 2.24) is 10.6 Å². The van der Waals surface area contributed by atoms with Crippen molar-refractivity contribution in [3.63, 3.8) is 0 Å². The Morgan fingerprint density at radius 1 is 1.00 bits per heavy atom. The highest BCUT2D eigenvalue weighted by atomic mass is 16.2. The van der Waals surface area contributed by atoms with Gasteiger partial charge in [-0.2, -0.15) is 0 Å². The minimum absolute atomic E-state index is 0.150. The first-order valence-electron chi connectivity index (χ1n) is 8.57. The Balaban J connectivity index is 2.33. The van der Waals surface area contributed by atoms with Gasteiger partial charge in [-0.1, -0.05) is 65.8 Å². The second-order valence-corrected chi connectivity index (χ2v) is 9.34. The number of rotatable bonds is 3. The molecule has 0 aromatic heterocycles. The Hall–Kier alpha value is -1.84. The first-order valence-corrected chi connectivity index (χ1v) is 8.57. The van der Waals surface area contributed by atoms with Gasteiger partial charge in [0.15, 0.2) is 0 Å². The predicted molar refractivity (Wildman–Crippen MR) is 96.7 cm³/mol. The van der Waals surface area contributed by atoms with Crippen molar-refractivity contribution in [2.24, 2.45) is 10.8 Å². The molecule has 1 heterocycles. The van der Waals surface area contributed by atoms with Crippen molar-refractivity contribution >= 4 is 11.9 Å². The molecule has 2 unspecified atom stereocenters. The minimum Gasteiger partial charge on any atom is -0.320 e. The molecule has 0 radical (unpaired) electrons. The highest BCUT2D eigenvalue weighted by Gasteiger charge is 2.43. The van der Waals surface area contributed by atoms with Crippen LogP contribution in [-0.4, -0.2) is 11.9 Å². The van der Waals surface area contributed by atoms with E-state index in [0.717, 1.165) is 12.0 Å². The van der Waals surface area contributed by atoms with E-state index in [0.29, 0.717) is 5.92 Å². The van der Waals surface area contributed by atoms with Gasteiger partial charge in [0.05, 0.1) is 0 Å². The summed E-state index contributed by atoms with van der Waals surface area (Å²) < 4.78 is 0. The molecule has 2 N–H and O–H groups in total. The summed E-state index contributed by atoms with van der Waals surface area (Å²) in [6, 6.07) is 7.68. The van der Waals surface area contributed by atoms with Gasteiger partial charge in [-0.3, -0.25) is 10.1 Å². The molecule has 0 aliphatic carbocycles. The van der Waals surface area contributed by atoms with Crippen LogP contribution in [-0.2, 0) is 10.3 Å². The zero-order valence-electron chi connectivity index (χ0n) is 15.9. The van der Waals surface area contributed by atoms with E-state index in [1.165, 1.54) is 5.56 Å². The monoisotopic (exact) mass is 330 g/mol. The van der Waals surface area contributed by atoms with E-state index in [2.05, 4.69) is 64.3 Å². The van der Waals surface area contributed by atoms with Crippen LogP contribution in [0.5, 0.6) is 0 Å². The fraction of sp³-hybridized carbons (Fsp3) is 0.600. The normalized spacial score (nSPS) is 23.0. The maximum absolute atomic E-state index is 12.1. The third kappa shape index (κ3) is 3.80. The largest absolute Gasteiger partial charge is 0.322 e. The molecule has 24 heavy (non-hydrogen) atoms. The molecular weight excluding hydrogens is 300 g/mol. The van der Waals surface area contributed by atoms with Crippen LogP contribution in [0, 0.1) is 10.8 Å². The zero-order valence-corrected chi connectivity index (χ0v) is 15.9. The Labute approximate surface area is 145 Å². The lowest BCUT2D eigenvalue weighted by Crippen LogP contribution is -2.40. The first-order chi connectivity index (χ1) is 10.8. The lowest BCUT2D eigenvalue weighted by Gasteiger charge is -2.36. The average Bonchev–Trinajstić information content (AvgIpc) is 2.68. The van der Waals surface area contributed by atoms with Gasteiger partial charge in [0.2, 0.25) is 0 Å². The molecule has 1 aliphatic rings. The molecule has 0 saturated carbocycles. The van der Waals surface area contributed by atoms with Crippen molar-refractivity contribution < 1.29 is 9.59 Å². The zero-order chi connectivity index (χ0) is 18.3. The minimum atomic E-state index is -0.989. The van der Waals surface area contributed by atoms with E-state index in [1.807, 2.05) is 12.1 Å². The molecule has 1 aliphatic heterocycles. The number of urea groups is 1. The topological polar surface area (TPSA) is 58.2 Å². The van der Waals surface area contributed by atoms with Crippen LogP contribution in [0.4, 0.5) is 4.79 Å². The molecule has 1 aromatic carbocycles. The number of carbonyl (C=O) groups excluding carboxylic acids is 2. The molecule has 0 spiro atoms. The van der Waals surface area contributed by atoms with Gasteiger partial charge in [-0.25, -0.2) is 4.79 Å². The Kier molecular flexibility index (Phi) is 4.55. The first kappa shape index (κ1) is 18.5. The molecule has 4 heteroatoms. The van der Waals surface area contributed by atoms with Crippen molar-refractivity contribution in [1.29, 1.82) is 0 Å². The lowest BCUT2D eigenvalue weighted by atomic mass is 9.69. The van der Waals surface area contributed by atoms with Crippen molar-refractivity contribution in [2.75, 3.05) is 0 Å². The summed E-state index contributed by atoms with van der Waals surface area (Å²) in [6.07, 6.45) is 1.09. The molecular formula is C20H30N2O2. The highest BCUT2D eigenvalue weighted by molar-refractivity contribution is 6.07. The van der Waals surface area contributed by atoms with E-state index < -0.39 is 11.6 Å². The summed E-state index contributed by atoms with van der Waals surface area (Å²) in [4.78, 5) is 23.5. The summed E-state index contributed by atoms with van der Waals surface area (Å²) in [5.74, 6) is 0.119. The third-order valence-corrected chi connectivity index (χ3v) is 4.80. The fourth-order valence-electron chi connectivity index (χ4n) is 3.33. The summed E-state index contributed by atoms with van der Waals surface area (Å²) in [7, 11) is 0. The molecule has 1 fully saturated rings. The number of hydrogen-bond donors (Lipinski definition) is 2.